The third-order valence-electron chi connectivity index (χ3n) is 5.27. The molecule has 1 fully saturated rings. The highest BCUT2D eigenvalue weighted by Crippen LogP contribution is 2.42. The van der Waals surface area contributed by atoms with Crippen molar-refractivity contribution in [2.75, 3.05) is 0 Å². The monoisotopic (exact) mass is 365 g/mol. The number of aromatic nitrogens is 3. The zero-order chi connectivity index (χ0) is 17.9. The van der Waals surface area contributed by atoms with Crippen molar-refractivity contribution in [2.45, 2.75) is 31.8 Å². The minimum atomic E-state index is -0.718. The summed E-state index contributed by atoms with van der Waals surface area (Å²) in [7, 11) is 0. The van der Waals surface area contributed by atoms with Crippen LogP contribution < -0.4 is 0 Å². The number of aryl methyl sites for hydroxylation is 1. The minimum absolute atomic E-state index is 0.412. The Morgan fingerprint density at radius 1 is 1.12 bits per heavy atom. The van der Waals surface area contributed by atoms with Crippen molar-refractivity contribution in [3.8, 4) is 11.5 Å². The Bertz CT molecular complexity index is 1160. The highest BCUT2D eigenvalue weighted by Gasteiger charge is 2.36. The Morgan fingerprint density at radius 2 is 1.96 bits per heavy atom. The molecule has 26 heavy (non-hydrogen) atoms. The molecule has 3 heterocycles. The second-order valence-corrected chi connectivity index (χ2v) is 7.28. The van der Waals surface area contributed by atoms with E-state index < -0.39 is 5.60 Å². The molecule has 4 aromatic rings. The average molecular weight is 366 g/mol. The van der Waals surface area contributed by atoms with Gasteiger partial charge in [-0.15, -0.1) is 0 Å². The summed E-state index contributed by atoms with van der Waals surface area (Å²) in [5, 5.41) is 12.8. The first-order valence-electron chi connectivity index (χ1n) is 8.58. The van der Waals surface area contributed by atoms with Crippen LogP contribution in [-0.4, -0.2) is 20.1 Å². The van der Waals surface area contributed by atoms with E-state index in [4.69, 9.17) is 16.0 Å². The lowest BCUT2D eigenvalue weighted by atomic mass is 9.75. The van der Waals surface area contributed by atoms with Crippen molar-refractivity contribution >= 4 is 33.5 Å². The summed E-state index contributed by atoms with van der Waals surface area (Å²) >= 11 is 6.09. The molecule has 0 radical (unpaired) electrons. The van der Waals surface area contributed by atoms with Crippen LogP contribution in [0.2, 0.25) is 5.15 Å². The van der Waals surface area contributed by atoms with Gasteiger partial charge in [0.1, 0.15) is 10.7 Å². The van der Waals surface area contributed by atoms with Crippen LogP contribution in [0.5, 0.6) is 0 Å². The summed E-state index contributed by atoms with van der Waals surface area (Å²) in [5.41, 5.74) is 3.24. The van der Waals surface area contributed by atoms with E-state index in [0.717, 1.165) is 52.4 Å². The van der Waals surface area contributed by atoms with E-state index in [-0.39, 0.29) is 0 Å². The number of hydrogen-bond donors (Lipinski definition) is 1. The van der Waals surface area contributed by atoms with Gasteiger partial charge in [-0.25, -0.2) is 9.97 Å². The molecule has 1 aliphatic rings. The number of halogens is 1. The van der Waals surface area contributed by atoms with E-state index in [1.165, 1.54) is 0 Å². The number of oxazole rings is 1. The fourth-order valence-corrected chi connectivity index (χ4v) is 3.70. The summed E-state index contributed by atoms with van der Waals surface area (Å²) < 4.78 is 5.97. The minimum Gasteiger partial charge on any atom is -0.436 e. The number of benzene rings is 1. The molecule has 0 aliphatic heterocycles. The topological polar surface area (TPSA) is 72.0 Å². The largest absolute Gasteiger partial charge is 0.436 e. The molecule has 1 N–H and O–H groups in total. The van der Waals surface area contributed by atoms with Gasteiger partial charge < -0.3 is 9.52 Å². The summed E-state index contributed by atoms with van der Waals surface area (Å²) in [6.45, 7) is 1.93. The maximum absolute atomic E-state index is 10.6. The highest BCUT2D eigenvalue weighted by molar-refractivity contribution is 6.30. The van der Waals surface area contributed by atoms with E-state index in [1.807, 2.05) is 25.1 Å². The van der Waals surface area contributed by atoms with E-state index >= 15 is 0 Å². The standard InChI is InChI=1S/C20H16ClN3O2/c1-11-14-9-23-18(21)8-13(14)15(10-22-11)19-24-16-7-12(3-4-17(16)26-19)20(25)5-2-6-20/h3-4,7-10,25H,2,5-6H2,1H3. The van der Waals surface area contributed by atoms with Gasteiger partial charge in [0.05, 0.1) is 11.2 Å². The van der Waals surface area contributed by atoms with Gasteiger partial charge >= 0.3 is 0 Å². The molecule has 130 valence electrons. The number of pyridine rings is 2. The molecular weight excluding hydrogens is 350 g/mol. The molecule has 5 rings (SSSR count). The molecule has 0 atom stereocenters. The van der Waals surface area contributed by atoms with Gasteiger partial charge in [0.15, 0.2) is 5.58 Å². The Hall–Kier alpha value is -2.50. The quantitative estimate of drug-likeness (QED) is 0.518. The van der Waals surface area contributed by atoms with Gasteiger partial charge in [-0.3, -0.25) is 4.98 Å². The van der Waals surface area contributed by atoms with Gasteiger partial charge in [-0.1, -0.05) is 17.7 Å². The SMILES string of the molecule is Cc1ncc(-c2nc3cc(C4(O)CCC4)ccc3o2)c2cc(Cl)ncc12. The lowest BCUT2D eigenvalue weighted by molar-refractivity contribution is -0.0386. The van der Waals surface area contributed by atoms with Crippen molar-refractivity contribution in [2.24, 2.45) is 0 Å². The molecular formula is C20H16ClN3O2. The van der Waals surface area contributed by atoms with Gasteiger partial charge in [-0.05, 0) is 49.9 Å². The molecule has 5 nitrogen and oxygen atoms in total. The molecule has 0 amide bonds. The molecule has 1 saturated carbocycles. The van der Waals surface area contributed by atoms with E-state index in [2.05, 4.69) is 15.0 Å². The Kier molecular flexibility index (Phi) is 3.33. The van der Waals surface area contributed by atoms with Crippen molar-refractivity contribution in [1.29, 1.82) is 0 Å². The Balaban J connectivity index is 1.69. The maximum atomic E-state index is 10.6. The fourth-order valence-electron chi connectivity index (χ4n) is 3.54. The third-order valence-corrected chi connectivity index (χ3v) is 5.48. The smallest absolute Gasteiger partial charge is 0.229 e. The first-order chi connectivity index (χ1) is 12.5. The number of nitrogens with zero attached hydrogens (tertiary/aromatic N) is 3. The van der Waals surface area contributed by atoms with Crippen LogP contribution in [-0.2, 0) is 5.60 Å². The van der Waals surface area contributed by atoms with E-state index in [1.54, 1.807) is 18.5 Å². The maximum Gasteiger partial charge on any atom is 0.229 e. The van der Waals surface area contributed by atoms with Crippen LogP contribution in [0.4, 0.5) is 0 Å². The predicted octanol–water partition coefficient (Wildman–Crippen LogP) is 4.77. The summed E-state index contributed by atoms with van der Waals surface area (Å²) in [6, 6.07) is 7.51. The fraction of sp³-hybridized carbons (Fsp3) is 0.250. The van der Waals surface area contributed by atoms with E-state index in [0.29, 0.717) is 16.6 Å². The molecule has 0 unspecified atom stereocenters. The third kappa shape index (κ3) is 2.31. The second-order valence-electron chi connectivity index (χ2n) is 6.90. The number of hydrogen-bond acceptors (Lipinski definition) is 5. The Labute approximate surface area is 154 Å². The molecule has 3 aromatic heterocycles. The average Bonchev–Trinajstić information content (AvgIpc) is 3.02. The first kappa shape index (κ1) is 15.7. The van der Waals surface area contributed by atoms with Gasteiger partial charge in [0.25, 0.3) is 0 Å². The second kappa shape index (κ2) is 5.50. The van der Waals surface area contributed by atoms with Crippen LogP contribution in [0.3, 0.4) is 0 Å². The zero-order valence-corrected chi connectivity index (χ0v) is 14.9. The highest BCUT2D eigenvalue weighted by atomic mass is 35.5. The van der Waals surface area contributed by atoms with Crippen molar-refractivity contribution in [3.05, 3.63) is 53.1 Å². The molecule has 1 aromatic carbocycles. The van der Waals surface area contributed by atoms with Crippen molar-refractivity contribution in [3.63, 3.8) is 0 Å². The summed E-state index contributed by atoms with van der Waals surface area (Å²) in [5.74, 6) is 0.484. The van der Waals surface area contributed by atoms with Gasteiger partial charge in [0, 0.05) is 28.9 Å². The Morgan fingerprint density at radius 3 is 2.73 bits per heavy atom. The van der Waals surface area contributed by atoms with Gasteiger partial charge in [-0.2, -0.15) is 0 Å². The van der Waals surface area contributed by atoms with Gasteiger partial charge in [0.2, 0.25) is 5.89 Å². The molecule has 1 aliphatic carbocycles. The van der Waals surface area contributed by atoms with Crippen molar-refractivity contribution in [1.82, 2.24) is 15.0 Å². The lowest BCUT2D eigenvalue weighted by Crippen LogP contribution is -2.33. The molecule has 0 bridgehead atoms. The number of fused-ring (bicyclic) bond motifs is 2. The van der Waals surface area contributed by atoms with Crippen LogP contribution >= 0.6 is 11.6 Å². The van der Waals surface area contributed by atoms with Crippen LogP contribution in [0, 0.1) is 6.92 Å². The lowest BCUT2D eigenvalue weighted by Gasteiger charge is -2.36. The summed E-state index contributed by atoms with van der Waals surface area (Å²) in [4.78, 5) is 13.2. The first-order valence-corrected chi connectivity index (χ1v) is 8.96. The van der Waals surface area contributed by atoms with Crippen LogP contribution in [0.15, 0.2) is 41.1 Å². The normalized spacial score (nSPS) is 16.1. The number of rotatable bonds is 2. The summed E-state index contributed by atoms with van der Waals surface area (Å²) in [6.07, 6.45) is 6.10. The molecule has 0 spiro atoms. The molecule has 6 heteroatoms. The number of aliphatic hydroxyl groups is 1. The van der Waals surface area contributed by atoms with Crippen LogP contribution in [0.25, 0.3) is 33.3 Å². The van der Waals surface area contributed by atoms with Crippen LogP contribution in [0.1, 0.15) is 30.5 Å². The molecule has 0 saturated heterocycles. The zero-order valence-electron chi connectivity index (χ0n) is 14.2. The predicted molar refractivity (Wildman–Crippen MR) is 100 cm³/mol. The van der Waals surface area contributed by atoms with E-state index in [9.17, 15) is 5.11 Å². The van der Waals surface area contributed by atoms with Crippen molar-refractivity contribution < 1.29 is 9.52 Å².